The van der Waals surface area contributed by atoms with Crippen molar-refractivity contribution < 1.29 is 14.7 Å². The molecule has 3 nitrogen and oxygen atoms in total. The topological polar surface area (TPSA) is 54.4 Å². The largest absolute Gasteiger partial charge is 0.481 e. The predicted octanol–water partition coefficient (Wildman–Crippen LogP) is 6.11. The summed E-state index contributed by atoms with van der Waals surface area (Å²) < 4.78 is 0. The van der Waals surface area contributed by atoms with E-state index in [0.29, 0.717) is 0 Å². The summed E-state index contributed by atoms with van der Waals surface area (Å²) in [5.74, 6) is -1.69. The Hall–Kier alpha value is -3.46. The summed E-state index contributed by atoms with van der Waals surface area (Å²) in [7, 11) is 0. The first-order valence-electron chi connectivity index (χ1n) is 10.2. The van der Waals surface area contributed by atoms with Crippen LogP contribution in [0.25, 0.3) is 38.4 Å². The molecule has 4 aromatic rings. The van der Waals surface area contributed by atoms with E-state index in [1.165, 1.54) is 27.3 Å². The standard InChI is InChI=1S/C27H22O3/c1-27(2,26(29)30)25(15-28)18-8-9-20-17(14-18)7-11-24-22(20)13-12-21-19-5-3-4-16(19)6-10-23(21)24/h3-4,6-15,25H,5H2,1-2H3,(H,29,30). The van der Waals surface area contributed by atoms with Gasteiger partial charge in [-0.1, -0.05) is 66.7 Å². The van der Waals surface area contributed by atoms with Crippen molar-refractivity contribution in [2.45, 2.75) is 26.2 Å². The van der Waals surface area contributed by atoms with E-state index in [1.807, 2.05) is 18.2 Å². The molecule has 4 aromatic carbocycles. The summed E-state index contributed by atoms with van der Waals surface area (Å²) in [6, 6.07) is 18.8. The normalized spacial score (nSPS) is 14.3. The number of carbonyl (C=O) groups excluding carboxylic acids is 1. The molecule has 0 spiro atoms. The molecule has 0 bridgehead atoms. The van der Waals surface area contributed by atoms with Gasteiger partial charge in [0.05, 0.1) is 11.3 Å². The van der Waals surface area contributed by atoms with E-state index in [1.54, 1.807) is 13.8 Å². The van der Waals surface area contributed by atoms with Gasteiger partial charge in [-0.2, -0.15) is 0 Å². The zero-order valence-electron chi connectivity index (χ0n) is 17.0. The second-order valence-corrected chi connectivity index (χ2v) is 8.68. The van der Waals surface area contributed by atoms with Crippen LogP contribution < -0.4 is 0 Å². The minimum atomic E-state index is -1.17. The maximum atomic E-state index is 11.8. The molecular formula is C27H22O3. The molecular weight excluding hydrogens is 372 g/mol. The minimum Gasteiger partial charge on any atom is -0.481 e. The Labute approximate surface area is 174 Å². The van der Waals surface area contributed by atoms with E-state index in [2.05, 4.69) is 48.6 Å². The average Bonchev–Trinajstić information content (AvgIpc) is 3.22. The Morgan fingerprint density at radius 3 is 2.33 bits per heavy atom. The Morgan fingerprint density at radius 2 is 1.57 bits per heavy atom. The zero-order valence-corrected chi connectivity index (χ0v) is 17.0. The molecule has 0 amide bonds. The van der Waals surface area contributed by atoms with Gasteiger partial charge in [-0.25, -0.2) is 0 Å². The third-order valence-corrected chi connectivity index (χ3v) is 6.63. The second kappa shape index (κ2) is 6.53. The van der Waals surface area contributed by atoms with E-state index in [4.69, 9.17) is 0 Å². The lowest BCUT2D eigenvalue weighted by Gasteiger charge is -2.26. The summed E-state index contributed by atoms with van der Waals surface area (Å²) in [6.45, 7) is 3.19. The van der Waals surface area contributed by atoms with Crippen LogP contribution in [0.15, 0.2) is 60.7 Å². The molecule has 0 saturated heterocycles. The number of fused-ring (bicyclic) bond motifs is 7. The van der Waals surface area contributed by atoms with Gasteiger partial charge in [-0.15, -0.1) is 0 Å². The number of benzene rings is 4. The molecule has 3 heteroatoms. The molecule has 148 valence electrons. The summed E-state index contributed by atoms with van der Waals surface area (Å²) >= 11 is 0. The number of aliphatic carboxylic acids is 1. The summed E-state index contributed by atoms with van der Waals surface area (Å²) in [6.07, 6.45) is 6.11. The lowest BCUT2D eigenvalue weighted by molar-refractivity contribution is -0.149. The monoisotopic (exact) mass is 394 g/mol. The lowest BCUT2D eigenvalue weighted by atomic mass is 9.75. The highest BCUT2D eigenvalue weighted by Gasteiger charge is 2.37. The number of aldehydes is 1. The van der Waals surface area contributed by atoms with Crippen molar-refractivity contribution in [3.05, 3.63) is 77.4 Å². The van der Waals surface area contributed by atoms with Crippen LogP contribution in [0, 0.1) is 5.41 Å². The summed E-state index contributed by atoms with van der Waals surface area (Å²) in [5, 5.41) is 16.6. The van der Waals surface area contributed by atoms with Gasteiger partial charge in [0.1, 0.15) is 6.29 Å². The number of carboxylic acids is 1. The first kappa shape index (κ1) is 18.6. The SMILES string of the molecule is CC(C)(C(=O)O)C(C=O)c1ccc2c(ccc3c4ccc5c(c4ccc23)CC=C5)c1. The lowest BCUT2D eigenvalue weighted by Crippen LogP contribution is -2.32. The molecule has 0 saturated carbocycles. The molecule has 0 heterocycles. The third-order valence-electron chi connectivity index (χ3n) is 6.63. The van der Waals surface area contributed by atoms with Crippen molar-refractivity contribution in [2.24, 2.45) is 5.41 Å². The van der Waals surface area contributed by atoms with Crippen LogP contribution in [0.3, 0.4) is 0 Å². The fourth-order valence-corrected chi connectivity index (χ4v) is 4.74. The summed E-state index contributed by atoms with van der Waals surface area (Å²) in [5.41, 5.74) is 2.24. The zero-order chi connectivity index (χ0) is 21.0. The molecule has 0 radical (unpaired) electrons. The van der Waals surface area contributed by atoms with Crippen molar-refractivity contribution in [3.63, 3.8) is 0 Å². The van der Waals surface area contributed by atoms with E-state index < -0.39 is 17.3 Å². The molecule has 1 N–H and O–H groups in total. The number of rotatable bonds is 4. The fourth-order valence-electron chi connectivity index (χ4n) is 4.74. The minimum absolute atomic E-state index is 0.707. The van der Waals surface area contributed by atoms with Crippen molar-refractivity contribution >= 4 is 50.6 Å². The van der Waals surface area contributed by atoms with Crippen LogP contribution in [-0.4, -0.2) is 17.4 Å². The van der Waals surface area contributed by atoms with Gasteiger partial charge in [-0.3, -0.25) is 4.79 Å². The number of carbonyl (C=O) groups is 2. The Kier molecular flexibility index (Phi) is 4.04. The molecule has 30 heavy (non-hydrogen) atoms. The molecule has 0 aliphatic heterocycles. The fraction of sp³-hybridized carbons (Fsp3) is 0.185. The van der Waals surface area contributed by atoms with Crippen LogP contribution in [0.2, 0.25) is 0 Å². The van der Waals surface area contributed by atoms with Gasteiger partial charge >= 0.3 is 5.97 Å². The number of carboxylic acid groups (broad SMARTS) is 1. The average molecular weight is 394 g/mol. The molecule has 5 rings (SSSR count). The third kappa shape index (κ3) is 2.58. The van der Waals surface area contributed by atoms with Crippen LogP contribution in [0.5, 0.6) is 0 Å². The van der Waals surface area contributed by atoms with Gasteiger partial charge in [0.25, 0.3) is 0 Å². The Bertz CT molecular complexity index is 1390. The molecule has 1 aliphatic rings. The van der Waals surface area contributed by atoms with Crippen LogP contribution in [0.4, 0.5) is 0 Å². The predicted molar refractivity (Wildman–Crippen MR) is 122 cm³/mol. The van der Waals surface area contributed by atoms with E-state index in [-0.39, 0.29) is 0 Å². The summed E-state index contributed by atoms with van der Waals surface area (Å²) in [4.78, 5) is 23.5. The molecule has 1 atom stereocenters. The first-order chi connectivity index (χ1) is 14.4. The highest BCUT2D eigenvalue weighted by Crippen LogP contribution is 2.39. The van der Waals surface area contributed by atoms with Crippen LogP contribution in [0.1, 0.15) is 36.5 Å². The molecule has 1 aliphatic carbocycles. The van der Waals surface area contributed by atoms with Crippen molar-refractivity contribution in [2.75, 3.05) is 0 Å². The first-order valence-corrected chi connectivity index (χ1v) is 10.2. The molecule has 0 aromatic heterocycles. The van der Waals surface area contributed by atoms with Gasteiger partial charge in [-0.05, 0) is 69.3 Å². The van der Waals surface area contributed by atoms with Crippen LogP contribution >= 0.6 is 0 Å². The highest BCUT2D eigenvalue weighted by molar-refractivity contribution is 6.18. The maximum Gasteiger partial charge on any atom is 0.310 e. The van der Waals surface area contributed by atoms with Crippen molar-refractivity contribution in [1.29, 1.82) is 0 Å². The smallest absolute Gasteiger partial charge is 0.310 e. The number of hydrogen-bond acceptors (Lipinski definition) is 2. The van der Waals surface area contributed by atoms with E-state index in [9.17, 15) is 14.7 Å². The van der Waals surface area contributed by atoms with Gasteiger partial charge in [0, 0.05) is 0 Å². The second-order valence-electron chi connectivity index (χ2n) is 8.68. The quantitative estimate of drug-likeness (QED) is 0.336. The Balaban J connectivity index is 1.71. The Morgan fingerprint density at radius 1 is 0.933 bits per heavy atom. The van der Waals surface area contributed by atoms with Gasteiger partial charge in [0.15, 0.2) is 0 Å². The molecule has 0 fully saturated rings. The number of allylic oxidation sites excluding steroid dienone is 1. The maximum absolute atomic E-state index is 11.8. The highest BCUT2D eigenvalue weighted by atomic mass is 16.4. The van der Waals surface area contributed by atoms with Gasteiger partial charge < -0.3 is 9.90 Å². The van der Waals surface area contributed by atoms with Crippen LogP contribution in [-0.2, 0) is 16.0 Å². The van der Waals surface area contributed by atoms with E-state index in [0.717, 1.165) is 34.4 Å². The van der Waals surface area contributed by atoms with Crippen molar-refractivity contribution in [1.82, 2.24) is 0 Å². The van der Waals surface area contributed by atoms with Gasteiger partial charge in [0.2, 0.25) is 0 Å². The van der Waals surface area contributed by atoms with E-state index >= 15 is 0 Å². The number of hydrogen-bond donors (Lipinski definition) is 1. The van der Waals surface area contributed by atoms with Crippen molar-refractivity contribution in [3.8, 4) is 0 Å². The molecule has 1 unspecified atom stereocenters.